The zero-order chi connectivity index (χ0) is 11.9. The molecule has 0 radical (unpaired) electrons. The largest absolute Gasteiger partial charge is 0.317 e. The second-order valence-corrected chi connectivity index (χ2v) is 4.46. The van der Waals surface area contributed by atoms with E-state index in [1.807, 2.05) is 12.2 Å². The highest BCUT2D eigenvalue weighted by Crippen LogP contribution is 2.25. The lowest BCUT2D eigenvalue weighted by molar-refractivity contribution is 0.460. The molecule has 0 unspecified atom stereocenters. The van der Waals surface area contributed by atoms with Gasteiger partial charge in [-0.25, -0.2) is 0 Å². The van der Waals surface area contributed by atoms with E-state index in [1.165, 1.54) is 24.0 Å². The monoisotopic (exact) mass is 226 g/mol. The van der Waals surface area contributed by atoms with Crippen LogP contribution < -0.4 is 5.32 Å². The van der Waals surface area contributed by atoms with Gasteiger partial charge in [0.1, 0.15) is 0 Å². The Morgan fingerprint density at radius 1 is 1.24 bits per heavy atom. The van der Waals surface area contributed by atoms with E-state index in [9.17, 15) is 0 Å². The number of allylic oxidation sites excluding steroid dienone is 1. The molecule has 0 saturated carbocycles. The summed E-state index contributed by atoms with van der Waals surface area (Å²) in [5, 5.41) is 11.8. The second-order valence-electron chi connectivity index (χ2n) is 4.46. The van der Waals surface area contributed by atoms with Gasteiger partial charge in [-0.1, -0.05) is 36.4 Å². The number of nitrogens with zero attached hydrogens (tertiary/aromatic N) is 1. The molecule has 0 atom stereocenters. The van der Waals surface area contributed by atoms with Crippen molar-refractivity contribution in [2.45, 2.75) is 25.2 Å². The van der Waals surface area contributed by atoms with Crippen molar-refractivity contribution in [2.75, 3.05) is 13.1 Å². The fourth-order valence-corrected chi connectivity index (χ4v) is 2.28. The van der Waals surface area contributed by atoms with Gasteiger partial charge in [0.15, 0.2) is 0 Å². The van der Waals surface area contributed by atoms with Gasteiger partial charge in [0.2, 0.25) is 0 Å². The minimum atomic E-state index is 0.482. The molecule has 0 amide bonds. The van der Waals surface area contributed by atoms with Crippen LogP contribution in [0.1, 0.15) is 36.3 Å². The van der Waals surface area contributed by atoms with Crippen LogP contribution >= 0.6 is 0 Å². The lowest BCUT2D eigenvalue weighted by Gasteiger charge is -2.22. The highest BCUT2D eigenvalue weighted by atomic mass is 14.9. The predicted octanol–water partition coefficient (Wildman–Crippen LogP) is 3.08. The molecule has 1 aromatic carbocycles. The van der Waals surface area contributed by atoms with Crippen molar-refractivity contribution in [2.24, 2.45) is 0 Å². The third-order valence-corrected chi connectivity index (χ3v) is 3.27. The maximum atomic E-state index is 8.45. The summed E-state index contributed by atoms with van der Waals surface area (Å²) in [7, 11) is 0. The van der Waals surface area contributed by atoms with Gasteiger partial charge >= 0.3 is 0 Å². The minimum Gasteiger partial charge on any atom is -0.317 e. The molecule has 0 aromatic heterocycles. The molecule has 1 aliphatic rings. The normalized spacial score (nSPS) is 17.1. The maximum Gasteiger partial charge on any atom is 0.0663 e. The topological polar surface area (TPSA) is 35.8 Å². The molecule has 88 valence electrons. The Bertz CT molecular complexity index is 406. The van der Waals surface area contributed by atoms with Gasteiger partial charge in [0, 0.05) is 0 Å². The predicted molar refractivity (Wildman–Crippen MR) is 70.6 cm³/mol. The van der Waals surface area contributed by atoms with Crippen molar-refractivity contribution >= 4 is 6.08 Å². The molecule has 1 heterocycles. The molecule has 2 nitrogen and oxygen atoms in total. The van der Waals surface area contributed by atoms with Crippen molar-refractivity contribution in [1.29, 1.82) is 5.26 Å². The molecule has 0 spiro atoms. The average molecular weight is 226 g/mol. The van der Waals surface area contributed by atoms with Crippen LogP contribution in [0.15, 0.2) is 30.3 Å². The van der Waals surface area contributed by atoms with E-state index in [0.717, 1.165) is 13.1 Å². The Morgan fingerprint density at radius 2 is 1.94 bits per heavy atom. The highest BCUT2D eigenvalue weighted by Gasteiger charge is 2.14. The minimum absolute atomic E-state index is 0.482. The van der Waals surface area contributed by atoms with Crippen LogP contribution in [0, 0.1) is 11.3 Å². The zero-order valence-corrected chi connectivity index (χ0v) is 10.0. The summed E-state index contributed by atoms with van der Waals surface area (Å²) in [6.45, 7) is 2.27. The van der Waals surface area contributed by atoms with Crippen LogP contribution in [0.4, 0.5) is 0 Å². The van der Waals surface area contributed by atoms with Gasteiger partial charge in [-0.3, -0.25) is 0 Å². The number of rotatable bonds is 3. The molecule has 2 rings (SSSR count). The number of nitriles is 1. The maximum absolute atomic E-state index is 8.45. The molecule has 0 aliphatic carbocycles. The van der Waals surface area contributed by atoms with Gasteiger partial charge in [0.25, 0.3) is 0 Å². The summed E-state index contributed by atoms with van der Waals surface area (Å²) in [4.78, 5) is 0. The smallest absolute Gasteiger partial charge is 0.0663 e. The van der Waals surface area contributed by atoms with Gasteiger partial charge in [-0.15, -0.1) is 0 Å². The fraction of sp³-hybridized carbons (Fsp3) is 0.400. The number of nitrogens with one attached hydrogen (secondary N) is 1. The third kappa shape index (κ3) is 3.44. The van der Waals surface area contributed by atoms with Gasteiger partial charge in [-0.2, -0.15) is 5.26 Å². The molecule has 1 aliphatic heterocycles. The second kappa shape index (κ2) is 6.22. The Hall–Kier alpha value is -1.59. The zero-order valence-electron chi connectivity index (χ0n) is 10.0. The number of hydrogen-bond acceptors (Lipinski definition) is 2. The van der Waals surface area contributed by atoms with Crippen molar-refractivity contribution in [3.05, 3.63) is 41.5 Å². The first-order valence-electron chi connectivity index (χ1n) is 6.24. The average Bonchev–Trinajstić information content (AvgIpc) is 2.41. The number of benzene rings is 1. The van der Waals surface area contributed by atoms with Crippen LogP contribution in [0.25, 0.3) is 6.08 Å². The van der Waals surface area contributed by atoms with Crippen molar-refractivity contribution in [1.82, 2.24) is 5.32 Å². The van der Waals surface area contributed by atoms with E-state index in [4.69, 9.17) is 5.26 Å². The summed E-state index contributed by atoms with van der Waals surface area (Å²) in [5.74, 6) is 0.716. The molecule has 1 fully saturated rings. The third-order valence-electron chi connectivity index (χ3n) is 3.27. The molecule has 1 saturated heterocycles. The van der Waals surface area contributed by atoms with Crippen LogP contribution in [0.5, 0.6) is 0 Å². The van der Waals surface area contributed by atoms with Crippen LogP contribution in [0.2, 0.25) is 0 Å². The summed E-state index contributed by atoms with van der Waals surface area (Å²) < 4.78 is 0. The fourth-order valence-electron chi connectivity index (χ4n) is 2.28. The summed E-state index contributed by atoms with van der Waals surface area (Å²) in [5.41, 5.74) is 2.63. The van der Waals surface area contributed by atoms with Crippen molar-refractivity contribution in [3.63, 3.8) is 0 Å². The van der Waals surface area contributed by atoms with E-state index in [0.29, 0.717) is 12.3 Å². The highest BCUT2D eigenvalue weighted by molar-refractivity contribution is 5.50. The lowest BCUT2D eigenvalue weighted by Crippen LogP contribution is -2.26. The van der Waals surface area contributed by atoms with Crippen LogP contribution in [-0.2, 0) is 0 Å². The Balaban J connectivity index is 1.99. The first kappa shape index (κ1) is 11.9. The Morgan fingerprint density at radius 3 is 2.59 bits per heavy atom. The molecular weight excluding hydrogens is 208 g/mol. The van der Waals surface area contributed by atoms with E-state index in [1.54, 1.807) is 0 Å². The van der Waals surface area contributed by atoms with Crippen LogP contribution in [-0.4, -0.2) is 13.1 Å². The lowest BCUT2D eigenvalue weighted by atomic mass is 9.90. The van der Waals surface area contributed by atoms with E-state index in [-0.39, 0.29) is 0 Å². The Labute approximate surface area is 103 Å². The molecule has 0 bridgehead atoms. The summed E-state index contributed by atoms with van der Waals surface area (Å²) in [6, 6.07) is 10.8. The first-order valence-corrected chi connectivity index (χ1v) is 6.24. The molecule has 1 N–H and O–H groups in total. The Kier molecular flexibility index (Phi) is 4.35. The molecule has 1 aromatic rings. The van der Waals surface area contributed by atoms with E-state index in [2.05, 4.69) is 35.7 Å². The standard InChI is InChI=1S/C15H18N2/c16-10-2-1-3-13-4-6-14(7-5-13)15-8-11-17-12-9-15/h1,3-7,15,17H,2,8-9,11-12H2. The van der Waals surface area contributed by atoms with Crippen LogP contribution in [0.3, 0.4) is 0 Å². The number of hydrogen-bond donors (Lipinski definition) is 1. The van der Waals surface area contributed by atoms with Gasteiger partial charge in [0.05, 0.1) is 12.5 Å². The molecule has 2 heteroatoms. The molecular formula is C15H18N2. The molecule has 17 heavy (non-hydrogen) atoms. The SMILES string of the molecule is N#CCC=Cc1ccc(C2CCNCC2)cc1. The van der Waals surface area contributed by atoms with E-state index < -0.39 is 0 Å². The van der Waals surface area contributed by atoms with Crippen molar-refractivity contribution < 1.29 is 0 Å². The number of piperidine rings is 1. The van der Waals surface area contributed by atoms with Gasteiger partial charge < -0.3 is 5.32 Å². The van der Waals surface area contributed by atoms with Crippen molar-refractivity contribution in [3.8, 4) is 6.07 Å². The van der Waals surface area contributed by atoms with E-state index >= 15 is 0 Å². The quantitative estimate of drug-likeness (QED) is 0.859. The van der Waals surface area contributed by atoms with Gasteiger partial charge in [-0.05, 0) is 43.0 Å². The first-order chi connectivity index (χ1) is 8.40. The summed E-state index contributed by atoms with van der Waals surface area (Å²) >= 11 is 0. The summed E-state index contributed by atoms with van der Waals surface area (Å²) in [6.07, 6.45) is 6.87.